The van der Waals surface area contributed by atoms with E-state index in [1.54, 1.807) is 61.2 Å². The van der Waals surface area contributed by atoms with Crippen LogP contribution in [0.2, 0.25) is 5.02 Å². The number of likely N-dealkylation sites (N-methyl/N-ethyl adjacent to an activating group) is 2. The SMILES string of the molecule is CC(C)N1CCC(C)(NC(=O)c2cccnn2)CC1.CC(C)N1CCC(CN(C)C)(NC(=O)c2ncccc2C(F)(F)F)CC1.CC(C)N1CCC(CN(C)C)(NC(=O)c2ncccc2Cl)CC1.Cc1ccc(C(=O)NC2(C)CCN(C(C)C)CC2)nc1.Cc1cccc(C(=O)NC2(C)CCN(C(C)C)CC2)n1.Cc1ccnc(C(=O)NC2(C)CCN(C(C)C)CC2)c1. The Morgan fingerprint density at radius 1 is 0.383 bits per heavy atom. The number of amides is 6. The molecule has 0 atom stereocenters. The number of pyridine rings is 5. The Labute approximate surface area is 766 Å². The quantitative estimate of drug-likeness (QED) is 0.0368. The lowest BCUT2D eigenvalue weighted by molar-refractivity contribution is -0.138. The first-order valence-electron chi connectivity index (χ1n) is 45.9. The fourth-order valence-corrected chi connectivity index (χ4v) is 17.3. The summed E-state index contributed by atoms with van der Waals surface area (Å²) in [6.45, 7) is 54.0. The molecule has 27 nitrogen and oxygen atoms in total. The first-order chi connectivity index (χ1) is 60.1. The van der Waals surface area contributed by atoms with E-state index in [0.717, 1.165) is 172 Å². The van der Waals surface area contributed by atoms with Gasteiger partial charge in [0.15, 0.2) is 5.69 Å². The zero-order valence-corrected chi connectivity index (χ0v) is 81.7. The topological polar surface area (TPSA) is 291 Å². The minimum absolute atomic E-state index is 0.0609. The second-order valence-corrected chi connectivity index (χ2v) is 39.6. The highest BCUT2D eigenvalue weighted by Gasteiger charge is 2.44. The van der Waals surface area contributed by atoms with Gasteiger partial charge >= 0.3 is 6.18 Å². The molecule has 0 aromatic carbocycles. The van der Waals surface area contributed by atoms with Gasteiger partial charge in [-0.25, -0.2) is 9.97 Å². The molecule has 0 aliphatic carbocycles. The van der Waals surface area contributed by atoms with Crippen molar-refractivity contribution in [1.82, 2.24) is 106 Å². The van der Waals surface area contributed by atoms with Crippen molar-refractivity contribution in [3.05, 3.63) is 171 Å². The number of nitrogens with zero attached hydrogens (tertiary/aromatic N) is 15. The van der Waals surface area contributed by atoms with Gasteiger partial charge < -0.3 is 71.1 Å². The Hall–Kier alpha value is -8.59. The molecule has 6 N–H and O–H groups in total. The van der Waals surface area contributed by atoms with Crippen LogP contribution in [0.15, 0.2) is 110 Å². The van der Waals surface area contributed by atoms with E-state index in [-0.39, 0.29) is 57.2 Å². The third-order valence-electron chi connectivity index (χ3n) is 25.7. The molecule has 0 bridgehead atoms. The van der Waals surface area contributed by atoms with Gasteiger partial charge in [-0.2, -0.15) is 18.3 Å². The van der Waals surface area contributed by atoms with Crippen molar-refractivity contribution < 1.29 is 41.9 Å². The standard InChI is InChI=1S/C18H27F3N4O.C17H27ClN4O.3C16H25N3O.C14H22N4O/c1-13(2)25-10-7-17(8-11-25,12-24(3)4)23-16(26)15-14(18(19,20)21)6-5-9-22-15;1-13(2)22-10-7-17(8-11-22,12-21(3)4)20-16(23)15-14(18)6-5-9-19-15;1-12(2)19-9-6-16(4,7-10-19)18-15(20)14-11-13(3)5-8-17-14;1-12(2)19-9-7-16(4,8-10-19)18-15(20)14-6-5-13(3)11-17-14;1-12(2)19-10-8-16(4,9-11-19)18-15(20)14-7-5-6-13(3)17-14;1-11(2)18-9-6-14(3,7-10-18)16-13(19)12-5-4-8-15-17-12/h5-6,9,13H,7-8,10-12H2,1-4H3,(H,23,26);5-6,9,13H,7-8,10-12H2,1-4H3,(H,20,23);5,8,11-12H,6-7,9-10H2,1-4H3,(H,18,20);5-6,11-12H,7-10H2,1-4H3,(H,18,20);5-7,12H,8-11H2,1-4H3,(H,18,20);4-5,8,11H,6-7,9-10H2,1-3H3,(H,16,19). The second kappa shape index (κ2) is 48.5. The van der Waals surface area contributed by atoms with E-state index in [0.29, 0.717) is 89.1 Å². The maximum absolute atomic E-state index is 13.2. The molecule has 6 aromatic heterocycles. The number of halogens is 4. The number of carbonyl (C=O) groups excluding carboxylic acids is 6. The lowest BCUT2D eigenvalue weighted by Crippen LogP contribution is -2.60. The fraction of sp³-hybridized carbons (Fsp3) is 0.639. The first kappa shape index (κ1) is 106. The van der Waals surface area contributed by atoms with Gasteiger partial charge in [-0.1, -0.05) is 23.7 Å². The molecule has 128 heavy (non-hydrogen) atoms. The van der Waals surface area contributed by atoms with E-state index in [1.165, 1.54) is 12.3 Å². The molecule has 31 heteroatoms. The van der Waals surface area contributed by atoms with Crippen molar-refractivity contribution in [2.45, 2.75) is 284 Å². The predicted octanol–water partition coefficient (Wildman–Crippen LogP) is 13.5. The first-order valence-corrected chi connectivity index (χ1v) is 46.3. The monoisotopic (exact) mass is 1800 g/mol. The highest BCUT2D eigenvalue weighted by Crippen LogP contribution is 2.34. The van der Waals surface area contributed by atoms with Crippen LogP contribution >= 0.6 is 11.6 Å². The average molecular weight is 1800 g/mol. The van der Waals surface area contributed by atoms with Gasteiger partial charge in [0.25, 0.3) is 35.4 Å². The minimum Gasteiger partial charge on any atom is -0.345 e. The van der Waals surface area contributed by atoms with Gasteiger partial charge in [-0.15, -0.1) is 5.10 Å². The second-order valence-electron chi connectivity index (χ2n) is 39.2. The Morgan fingerprint density at radius 2 is 0.734 bits per heavy atom. The normalized spacial score (nSPS) is 18.8. The summed E-state index contributed by atoms with van der Waals surface area (Å²) in [5.41, 5.74) is 2.37. The number of rotatable bonds is 22. The summed E-state index contributed by atoms with van der Waals surface area (Å²) in [6.07, 6.45) is 14.3. The van der Waals surface area contributed by atoms with Crippen molar-refractivity contribution in [2.75, 3.05) is 120 Å². The van der Waals surface area contributed by atoms with Crippen LogP contribution in [0, 0.1) is 20.8 Å². The number of piperidine rings is 6. The molecule has 6 aromatic rings. The van der Waals surface area contributed by atoms with E-state index < -0.39 is 28.9 Å². The van der Waals surface area contributed by atoms with Crippen LogP contribution in [-0.4, -0.2) is 299 Å². The average Bonchev–Trinajstić information content (AvgIpc) is 0.793. The van der Waals surface area contributed by atoms with Crippen LogP contribution in [0.5, 0.6) is 0 Å². The lowest BCUT2D eigenvalue weighted by Gasteiger charge is -2.45. The van der Waals surface area contributed by atoms with Crippen molar-refractivity contribution in [3.63, 3.8) is 0 Å². The third kappa shape index (κ3) is 33.7. The van der Waals surface area contributed by atoms with E-state index in [2.05, 4.69) is 212 Å². The fourth-order valence-electron chi connectivity index (χ4n) is 17.1. The van der Waals surface area contributed by atoms with Gasteiger partial charge in [-0.05, 0) is 315 Å². The molecule has 6 amide bonds. The van der Waals surface area contributed by atoms with Gasteiger partial charge in [-0.3, -0.25) is 43.7 Å². The van der Waals surface area contributed by atoms with Gasteiger partial charge in [0, 0.05) is 187 Å². The number of aryl methyl sites for hydroxylation is 3. The molecule has 6 saturated heterocycles. The molecule has 0 saturated carbocycles. The minimum atomic E-state index is -4.61. The molecule has 12 rings (SSSR count). The Kier molecular flexibility index (Phi) is 40.4. The Bertz CT molecular complexity index is 4360. The van der Waals surface area contributed by atoms with Crippen molar-refractivity contribution >= 4 is 47.0 Å². The number of aromatic nitrogens is 7. The summed E-state index contributed by atoms with van der Waals surface area (Å²) < 4.78 is 39.6. The van der Waals surface area contributed by atoms with Crippen LogP contribution in [0.3, 0.4) is 0 Å². The van der Waals surface area contributed by atoms with Crippen LogP contribution in [0.25, 0.3) is 0 Å². The Balaban J connectivity index is 0.000000211. The lowest BCUT2D eigenvalue weighted by atomic mass is 9.86. The molecule has 0 radical (unpaired) electrons. The summed E-state index contributed by atoms with van der Waals surface area (Å²) in [5.74, 6) is -1.27. The number of hydrogen-bond acceptors (Lipinski definition) is 21. The number of likely N-dealkylation sites (tertiary alicyclic amines) is 6. The Morgan fingerprint density at radius 3 is 1.08 bits per heavy atom. The van der Waals surface area contributed by atoms with Gasteiger partial charge in [0.05, 0.1) is 21.7 Å². The number of nitrogens with one attached hydrogen (secondary N) is 6. The molecule has 708 valence electrons. The molecule has 0 spiro atoms. The molecule has 6 fully saturated rings. The van der Waals surface area contributed by atoms with E-state index in [1.807, 2.05) is 84.2 Å². The molecule has 0 unspecified atom stereocenters. The number of alkyl halides is 3. The van der Waals surface area contributed by atoms with Crippen LogP contribution in [0.1, 0.15) is 273 Å². The summed E-state index contributed by atoms with van der Waals surface area (Å²) in [5, 5.41) is 26.7. The molecular weight excluding hydrogens is 1650 g/mol. The predicted molar refractivity (Wildman–Crippen MR) is 504 cm³/mol. The zero-order chi connectivity index (χ0) is 94.7. The molecule has 12 heterocycles. The summed E-state index contributed by atoms with van der Waals surface area (Å²) in [4.78, 5) is 113. The molecule has 6 aliphatic heterocycles. The largest absolute Gasteiger partial charge is 0.418 e. The van der Waals surface area contributed by atoms with Crippen LogP contribution < -0.4 is 31.9 Å². The van der Waals surface area contributed by atoms with Crippen molar-refractivity contribution in [1.29, 1.82) is 0 Å². The number of carbonyl (C=O) groups is 6. The van der Waals surface area contributed by atoms with Crippen LogP contribution in [0.4, 0.5) is 13.2 Å². The van der Waals surface area contributed by atoms with Gasteiger partial charge in [0.1, 0.15) is 28.5 Å². The summed E-state index contributed by atoms with van der Waals surface area (Å²) >= 11 is 6.11. The maximum atomic E-state index is 13.2. The van der Waals surface area contributed by atoms with E-state index >= 15 is 0 Å². The van der Waals surface area contributed by atoms with E-state index in [4.69, 9.17) is 11.6 Å². The zero-order valence-electron chi connectivity index (χ0n) is 80.9. The highest BCUT2D eigenvalue weighted by molar-refractivity contribution is 6.33. The number of hydrogen-bond donors (Lipinski definition) is 6. The summed E-state index contributed by atoms with van der Waals surface area (Å²) in [7, 11) is 7.86. The van der Waals surface area contributed by atoms with E-state index in [9.17, 15) is 41.9 Å². The highest BCUT2D eigenvalue weighted by atomic mass is 35.5. The maximum Gasteiger partial charge on any atom is 0.418 e. The summed E-state index contributed by atoms with van der Waals surface area (Å²) in [6, 6.07) is 25.2. The van der Waals surface area contributed by atoms with Gasteiger partial charge in [0.2, 0.25) is 0 Å². The van der Waals surface area contributed by atoms with Crippen LogP contribution in [-0.2, 0) is 6.18 Å². The van der Waals surface area contributed by atoms with Crippen molar-refractivity contribution in [2.24, 2.45) is 0 Å². The third-order valence-corrected chi connectivity index (χ3v) is 26.0. The molecular formula is C97H151ClF3N21O6. The molecule has 6 aliphatic rings. The van der Waals surface area contributed by atoms with Crippen molar-refractivity contribution in [3.8, 4) is 0 Å². The smallest absolute Gasteiger partial charge is 0.345 e.